The number of likely N-dealkylation sites (tertiary alicyclic amines) is 1. The number of thiophene rings is 1. The van der Waals surface area contributed by atoms with Crippen LogP contribution in [0.2, 0.25) is 0 Å². The van der Waals surface area contributed by atoms with Gasteiger partial charge in [0.15, 0.2) is 0 Å². The highest BCUT2D eigenvalue weighted by Gasteiger charge is 2.23. The van der Waals surface area contributed by atoms with Crippen molar-refractivity contribution >= 4 is 27.3 Å². The second-order valence-electron chi connectivity index (χ2n) is 7.28. The molecule has 28 heavy (non-hydrogen) atoms. The number of hydrogen-bond acceptors (Lipinski definition) is 4. The van der Waals surface area contributed by atoms with Crippen LogP contribution in [0.5, 0.6) is 5.75 Å². The molecule has 0 radical (unpaired) electrons. The fourth-order valence-electron chi connectivity index (χ4n) is 3.88. The number of hydrogen-bond donors (Lipinski definition) is 1. The summed E-state index contributed by atoms with van der Waals surface area (Å²) < 4.78 is 6.71. The fourth-order valence-corrected chi connectivity index (χ4v) is 4.84. The van der Waals surface area contributed by atoms with Crippen molar-refractivity contribution in [3.8, 4) is 5.75 Å². The standard InChI is InChI=1S/C23H26N2O2S/c1-27-21-8-4-2-6-17(21)14-23(26)25-12-10-19(11-13-25)24-15-18-16-28-22-9-5-3-7-20(18)22/h2-9,16,19,24H,10-15H2,1H3. The minimum atomic E-state index is 0.187. The van der Waals surface area contributed by atoms with E-state index in [0.29, 0.717) is 12.5 Å². The van der Waals surface area contributed by atoms with Crippen molar-refractivity contribution in [3.05, 3.63) is 65.0 Å². The minimum Gasteiger partial charge on any atom is -0.496 e. The Balaban J connectivity index is 1.28. The number of fused-ring (bicyclic) bond motifs is 1. The van der Waals surface area contributed by atoms with Gasteiger partial charge in [-0.3, -0.25) is 4.79 Å². The summed E-state index contributed by atoms with van der Waals surface area (Å²) in [6, 6.07) is 16.8. The van der Waals surface area contributed by atoms with Gasteiger partial charge >= 0.3 is 0 Å². The van der Waals surface area contributed by atoms with E-state index >= 15 is 0 Å². The largest absolute Gasteiger partial charge is 0.496 e. The Morgan fingerprint density at radius 2 is 1.86 bits per heavy atom. The van der Waals surface area contributed by atoms with Gasteiger partial charge in [-0.2, -0.15) is 0 Å². The van der Waals surface area contributed by atoms with Crippen molar-refractivity contribution in [2.24, 2.45) is 0 Å². The van der Waals surface area contributed by atoms with E-state index in [2.05, 4.69) is 35.0 Å². The van der Waals surface area contributed by atoms with E-state index < -0.39 is 0 Å². The molecule has 3 aromatic rings. The highest BCUT2D eigenvalue weighted by molar-refractivity contribution is 7.17. The molecule has 4 nitrogen and oxygen atoms in total. The fraction of sp³-hybridized carbons (Fsp3) is 0.348. The van der Waals surface area contributed by atoms with Gasteiger partial charge in [-0.1, -0.05) is 36.4 Å². The van der Waals surface area contributed by atoms with E-state index in [1.54, 1.807) is 18.4 Å². The third-order valence-electron chi connectivity index (χ3n) is 5.52. The van der Waals surface area contributed by atoms with E-state index in [-0.39, 0.29) is 5.91 Å². The van der Waals surface area contributed by atoms with Gasteiger partial charge in [0.25, 0.3) is 0 Å². The van der Waals surface area contributed by atoms with Crippen LogP contribution < -0.4 is 10.1 Å². The number of carbonyl (C=O) groups excluding carboxylic acids is 1. The normalized spacial score (nSPS) is 15.1. The first kappa shape index (κ1) is 19.0. The Morgan fingerprint density at radius 1 is 1.11 bits per heavy atom. The Labute approximate surface area is 170 Å². The topological polar surface area (TPSA) is 41.6 Å². The number of rotatable bonds is 6. The van der Waals surface area contributed by atoms with Gasteiger partial charge in [-0.25, -0.2) is 0 Å². The van der Waals surface area contributed by atoms with Crippen LogP contribution in [0, 0.1) is 0 Å². The summed E-state index contributed by atoms with van der Waals surface area (Å²) in [7, 11) is 1.65. The Hall–Kier alpha value is -2.37. The van der Waals surface area contributed by atoms with Crippen LogP contribution in [-0.2, 0) is 17.8 Å². The van der Waals surface area contributed by atoms with Crippen molar-refractivity contribution in [3.63, 3.8) is 0 Å². The predicted molar refractivity (Wildman–Crippen MR) is 115 cm³/mol. The first-order valence-electron chi connectivity index (χ1n) is 9.83. The molecule has 4 rings (SSSR count). The SMILES string of the molecule is COc1ccccc1CC(=O)N1CCC(NCc2csc3ccccc23)CC1. The number of benzene rings is 2. The van der Waals surface area contributed by atoms with Crippen molar-refractivity contribution in [2.45, 2.75) is 31.8 Å². The lowest BCUT2D eigenvalue weighted by atomic mass is 10.0. The summed E-state index contributed by atoms with van der Waals surface area (Å²) in [6.07, 6.45) is 2.41. The van der Waals surface area contributed by atoms with Crippen molar-refractivity contribution in [2.75, 3.05) is 20.2 Å². The summed E-state index contributed by atoms with van der Waals surface area (Å²) in [5, 5.41) is 7.30. The molecule has 0 aliphatic carbocycles. The lowest BCUT2D eigenvalue weighted by Gasteiger charge is -2.32. The number of ether oxygens (including phenoxy) is 1. The molecule has 0 spiro atoms. The van der Waals surface area contributed by atoms with Gasteiger partial charge in [0.1, 0.15) is 5.75 Å². The van der Waals surface area contributed by atoms with Crippen LogP contribution in [0.4, 0.5) is 0 Å². The second-order valence-corrected chi connectivity index (χ2v) is 8.19. The predicted octanol–water partition coefficient (Wildman–Crippen LogP) is 4.23. The molecule has 0 saturated carbocycles. The first-order valence-corrected chi connectivity index (χ1v) is 10.7. The second kappa shape index (κ2) is 8.76. The molecule has 1 N–H and O–H groups in total. The van der Waals surface area contributed by atoms with Crippen LogP contribution in [0.3, 0.4) is 0 Å². The van der Waals surface area contributed by atoms with Crippen LogP contribution in [-0.4, -0.2) is 37.0 Å². The minimum absolute atomic E-state index is 0.187. The molecule has 1 saturated heterocycles. The summed E-state index contributed by atoms with van der Waals surface area (Å²) in [5.74, 6) is 0.974. The van der Waals surface area contributed by atoms with Gasteiger partial charge in [-0.15, -0.1) is 11.3 Å². The molecule has 1 amide bonds. The van der Waals surface area contributed by atoms with Crippen LogP contribution >= 0.6 is 11.3 Å². The quantitative estimate of drug-likeness (QED) is 0.680. The monoisotopic (exact) mass is 394 g/mol. The van der Waals surface area contributed by atoms with E-state index in [1.165, 1.54) is 15.6 Å². The van der Waals surface area contributed by atoms with Gasteiger partial charge < -0.3 is 15.0 Å². The molecule has 2 heterocycles. The van der Waals surface area contributed by atoms with E-state index in [4.69, 9.17) is 4.74 Å². The third-order valence-corrected chi connectivity index (χ3v) is 6.54. The highest BCUT2D eigenvalue weighted by atomic mass is 32.1. The maximum absolute atomic E-state index is 12.7. The number of methoxy groups -OCH3 is 1. The zero-order valence-electron chi connectivity index (χ0n) is 16.2. The molecule has 1 aliphatic heterocycles. The molecular formula is C23H26N2O2S. The number of nitrogens with zero attached hydrogens (tertiary/aromatic N) is 1. The summed E-state index contributed by atoms with van der Waals surface area (Å²) in [5.41, 5.74) is 2.33. The average Bonchev–Trinajstić information content (AvgIpc) is 3.16. The van der Waals surface area contributed by atoms with Crippen molar-refractivity contribution in [1.29, 1.82) is 0 Å². The molecule has 2 aromatic carbocycles. The average molecular weight is 395 g/mol. The smallest absolute Gasteiger partial charge is 0.227 e. The number of carbonyl (C=O) groups is 1. The lowest BCUT2D eigenvalue weighted by molar-refractivity contribution is -0.131. The van der Waals surface area contributed by atoms with Gasteiger partial charge in [-0.05, 0) is 41.3 Å². The van der Waals surface area contributed by atoms with Crippen molar-refractivity contribution < 1.29 is 9.53 Å². The number of piperidine rings is 1. The van der Waals surface area contributed by atoms with Crippen LogP contribution in [0.25, 0.3) is 10.1 Å². The van der Waals surface area contributed by atoms with E-state index in [9.17, 15) is 4.79 Å². The van der Waals surface area contributed by atoms with Crippen LogP contribution in [0.15, 0.2) is 53.9 Å². The zero-order valence-corrected chi connectivity index (χ0v) is 17.0. The molecule has 1 fully saturated rings. The number of para-hydroxylation sites is 1. The van der Waals surface area contributed by atoms with Gasteiger partial charge in [0, 0.05) is 35.9 Å². The number of nitrogens with one attached hydrogen (secondary N) is 1. The van der Waals surface area contributed by atoms with E-state index in [1.807, 2.05) is 29.2 Å². The highest BCUT2D eigenvalue weighted by Crippen LogP contribution is 2.26. The van der Waals surface area contributed by atoms with Gasteiger partial charge in [0.05, 0.1) is 13.5 Å². The molecule has 0 unspecified atom stereocenters. The maximum Gasteiger partial charge on any atom is 0.227 e. The Morgan fingerprint density at radius 3 is 2.68 bits per heavy atom. The van der Waals surface area contributed by atoms with Crippen LogP contribution in [0.1, 0.15) is 24.0 Å². The zero-order chi connectivity index (χ0) is 19.3. The molecule has 5 heteroatoms. The Kier molecular flexibility index (Phi) is 5.93. The molecular weight excluding hydrogens is 368 g/mol. The number of amides is 1. The first-order chi connectivity index (χ1) is 13.7. The maximum atomic E-state index is 12.7. The van der Waals surface area contributed by atoms with Gasteiger partial charge in [0.2, 0.25) is 5.91 Å². The Bertz CT molecular complexity index is 944. The molecule has 0 bridgehead atoms. The van der Waals surface area contributed by atoms with Crippen molar-refractivity contribution in [1.82, 2.24) is 10.2 Å². The molecule has 1 aromatic heterocycles. The summed E-state index contributed by atoms with van der Waals surface area (Å²) in [4.78, 5) is 14.7. The molecule has 0 atom stereocenters. The third kappa shape index (κ3) is 4.21. The molecule has 146 valence electrons. The van der Waals surface area contributed by atoms with E-state index in [0.717, 1.165) is 43.8 Å². The summed E-state index contributed by atoms with van der Waals surface area (Å²) in [6.45, 7) is 2.52. The summed E-state index contributed by atoms with van der Waals surface area (Å²) >= 11 is 1.81. The lowest BCUT2D eigenvalue weighted by Crippen LogP contribution is -2.45. The molecule has 1 aliphatic rings.